The first kappa shape index (κ1) is 62.1. The maximum atomic E-state index is 12.9. The molecular formula is C56H97NO10. The molecule has 1 heterocycles. The molecule has 7 unspecified atom stereocenters. The summed E-state index contributed by atoms with van der Waals surface area (Å²) < 4.78 is 16.6. The summed E-state index contributed by atoms with van der Waals surface area (Å²) in [6.07, 6.45) is 48.5. The average molecular weight is 944 g/mol. The zero-order valence-electron chi connectivity index (χ0n) is 42.1. The van der Waals surface area contributed by atoms with Crippen molar-refractivity contribution in [1.82, 2.24) is 5.32 Å². The van der Waals surface area contributed by atoms with Crippen LogP contribution in [-0.4, -0.2) is 100 Å². The van der Waals surface area contributed by atoms with Crippen molar-refractivity contribution in [2.75, 3.05) is 19.8 Å². The lowest BCUT2D eigenvalue weighted by atomic mass is 9.99. The minimum absolute atomic E-state index is 0.0575. The third kappa shape index (κ3) is 35.8. The smallest absolute Gasteiger partial charge is 0.305 e. The van der Waals surface area contributed by atoms with Crippen molar-refractivity contribution in [3.63, 3.8) is 0 Å². The van der Waals surface area contributed by atoms with Crippen LogP contribution in [-0.2, 0) is 23.8 Å². The molecule has 7 atom stereocenters. The summed E-state index contributed by atoms with van der Waals surface area (Å²) in [6.45, 7) is 4.14. The summed E-state index contributed by atoms with van der Waals surface area (Å²) in [5.74, 6) is -0.278. The van der Waals surface area contributed by atoms with Crippen molar-refractivity contribution < 1.29 is 49.3 Å². The fourth-order valence-corrected chi connectivity index (χ4v) is 7.70. The Morgan fingerprint density at radius 2 is 1.06 bits per heavy atom. The summed E-state index contributed by atoms with van der Waals surface area (Å²) in [4.78, 5) is 25.0. The third-order valence-corrected chi connectivity index (χ3v) is 12.0. The van der Waals surface area contributed by atoms with Gasteiger partial charge in [0.1, 0.15) is 24.4 Å². The summed E-state index contributed by atoms with van der Waals surface area (Å²) in [7, 11) is 0. The van der Waals surface area contributed by atoms with Crippen LogP contribution in [0.15, 0.2) is 72.9 Å². The molecule has 0 bridgehead atoms. The van der Waals surface area contributed by atoms with Gasteiger partial charge >= 0.3 is 5.97 Å². The first-order chi connectivity index (χ1) is 32.7. The second kappa shape index (κ2) is 45.5. The molecule has 1 aliphatic rings. The van der Waals surface area contributed by atoms with Crippen LogP contribution in [0.2, 0.25) is 0 Å². The van der Waals surface area contributed by atoms with E-state index in [2.05, 4.69) is 79.9 Å². The van der Waals surface area contributed by atoms with E-state index in [1.54, 1.807) is 6.08 Å². The fourth-order valence-electron chi connectivity index (χ4n) is 7.70. The van der Waals surface area contributed by atoms with Gasteiger partial charge in [-0.25, -0.2) is 0 Å². The van der Waals surface area contributed by atoms with Crippen LogP contribution < -0.4 is 5.32 Å². The van der Waals surface area contributed by atoms with Crippen molar-refractivity contribution >= 4 is 11.9 Å². The Bertz CT molecular complexity index is 1340. The molecule has 67 heavy (non-hydrogen) atoms. The highest BCUT2D eigenvalue weighted by Crippen LogP contribution is 2.22. The molecule has 1 fully saturated rings. The Balaban J connectivity index is 2.14. The first-order valence-electron chi connectivity index (χ1n) is 26.7. The van der Waals surface area contributed by atoms with Crippen LogP contribution in [0.25, 0.3) is 0 Å². The lowest BCUT2D eigenvalue weighted by molar-refractivity contribution is -0.302. The number of allylic oxidation sites excluding steroid dienone is 11. The normalized spacial score (nSPS) is 20.1. The Kier molecular flexibility index (Phi) is 42.2. The number of ether oxygens (including phenoxy) is 3. The monoisotopic (exact) mass is 944 g/mol. The number of hydrogen-bond acceptors (Lipinski definition) is 10. The van der Waals surface area contributed by atoms with Gasteiger partial charge in [0.2, 0.25) is 5.91 Å². The van der Waals surface area contributed by atoms with Crippen molar-refractivity contribution in [1.29, 1.82) is 0 Å². The number of rotatable bonds is 44. The van der Waals surface area contributed by atoms with E-state index in [4.69, 9.17) is 14.2 Å². The Morgan fingerprint density at radius 1 is 0.567 bits per heavy atom. The lowest BCUT2D eigenvalue weighted by Crippen LogP contribution is -2.60. The molecule has 1 rings (SSSR count). The van der Waals surface area contributed by atoms with E-state index < -0.39 is 49.5 Å². The third-order valence-electron chi connectivity index (χ3n) is 12.0. The molecule has 11 heteroatoms. The van der Waals surface area contributed by atoms with Crippen LogP contribution in [0.4, 0.5) is 0 Å². The Morgan fingerprint density at radius 3 is 1.66 bits per heavy atom. The minimum Gasteiger partial charge on any atom is -0.466 e. The number of esters is 1. The molecule has 0 saturated carbocycles. The predicted octanol–water partition coefficient (Wildman–Crippen LogP) is 11.3. The van der Waals surface area contributed by atoms with E-state index in [9.17, 15) is 35.1 Å². The lowest BCUT2D eigenvalue weighted by Gasteiger charge is -2.40. The SMILES string of the molecule is CCCCC/C=C\C/C=C\CCCCCCCC(=O)OCCCCC/C=C\C=C/CCCCCCCCC(=O)NC(COC1OC(CO)C(O)C(O)C1O)C(O)/C=C/CC/C=C/CCCCC. The van der Waals surface area contributed by atoms with Crippen LogP contribution in [0.5, 0.6) is 0 Å². The fraction of sp³-hybridized carbons (Fsp3) is 0.750. The van der Waals surface area contributed by atoms with Crippen molar-refractivity contribution in [2.45, 2.75) is 249 Å². The molecule has 0 aliphatic carbocycles. The van der Waals surface area contributed by atoms with Gasteiger partial charge in [0.05, 0.1) is 32.0 Å². The highest BCUT2D eigenvalue weighted by molar-refractivity contribution is 5.76. The van der Waals surface area contributed by atoms with E-state index in [0.29, 0.717) is 19.4 Å². The van der Waals surface area contributed by atoms with Gasteiger partial charge in [-0.1, -0.05) is 157 Å². The first-order valence-corrected chi connectivity index (χ1v) is 26.7. The minimum atomic E-state index is -1.59. The molecule has 1 saturated heterocycles. The number of aliphatic hydroxyl groups is 5. The summed E-state index contributed by atoms with van der Waals surface area (Å²) in [5, 5.41) is 54.0. The van der Waals surface area contributed by atoms with Crippen LogP contribution in [0.3, 0.4) is 0 Å². The van der Waals surface area contributed by atoms with Crippen LogP contribution >= 0.6 is 0 Å². The van der Waals surface area contributed by atoms with Gasteiger partial charge in [0.15, 0.2) is 6.29 Å². The molecule has 6 N–H and O–H groups in total. The quantitative estimate of drug-likeness (QED) is 0.0149. The summed E-state index contributed by atoms with van der Waals surface area (Å²) in [5.41, 5.74) is 0. The molecule has 1 aliphatic heterocycles. The predicted molar refractivity (Wildman–Crippen MR) is 273 cm³/mol. The van der Waals surface area contributed by atoms with Gasteiger partial charge in [-0.2, -0.15) is 0 Å². The number of aliphatic hydroxyl groups excluding tert-OH is 5. The number of unbranched alkanes of at least 4 members (excludes halogenated alkanes) is 21. The van der Waals surface area contributed by atoms with Crippen LogP contribution in [0.1, 0.15) is 206 Å². The standard InChI is InChI=1S/C56H97NO10/c1-3-5-7-9-11-13-14-15-17-21-24-28-32-36-40-44-52(61)65-45-41-37-33-29-25-22-19-16-18-20-23-27-31-35-39-43-51(60)57-48(49(59)42-38-34-30-26-12-10-8-6-4-2)47-66-56-55(64)54(63)53(62)50(46-58)67-56/h11-13,15-17,19,22,25-26,38,42,48-50,53-56,58-59,62-64H,3-10,14,18,20-21,23-24,27-37,39-41,43-47H2,1-2H3,(H,57,60)/b13-11-,17-15-,19-16-,25-22-,26-12+,42-38+. The topological polar surface area (TPSA) is 175 Å². The molecule has 0 aromatic rings. The maximum Gasteiger partial charge on any atom is 0.305 e. The van der Waals surface area contributed by atoms with Crippen molar-refractivity contribution in [3.05, 3.63) is 72.9 Å². The zero-order chi connectivity index (χ0) is 48.8. The van der Waals surface area contributed by atoms with E-state index in [-0.39, 0.29) is 18.5 Å². The van der Waals surface area contributed by atoms with Crippen LogP contribution in [0, 0.1) is 0 Å². The van der Waals surface area contributed by atoms with Gasteiger partial charge in [0.25, 0.3) is 0 Å². The molecule has 0 spiro atoms. The summed E-state index contributed by atoms with van der Waals surface area (Å²) >= 11 is 0. The van der Waals surface area contributed by atoms with Gasteiger partial charge < -0.3 is 45.1 Å². The number of nitrogens with one attached hydrogen (secondary N) is 1. The average Bonchev–Trinajstić information content (AvgIpc) is 3.32. The van der Waals surface area contributed by atoms with Crippen molar-refractivity contribution in [2.24, 2.45) is 0 Å². The maximum absolute atomic E-state index is 12.9. The van der Waals surface area contributed by atoms with E-state index >= 15 is 0 Å². The molecular weight excluding hydrogens is 847 g/mol. The van der Waals surface area contributed by atoms with Gasteiger partial charge in [-0.05, 0) is 109 Å². The van der Waals surface area contributed by atoms with Gasteiger partial charge in [-0.3, -0.25) is 9.59 Å². The second-order valence-corrected chi connectivity index (χ2v) is 18.2. The zero-order valence-corrected chi connectivity index (χ0v) is 42.1. The van der Waals surface area contributed by atoms with Crippen molar-refractivity contribution in [3.8, 4) is 0 Å². The molecule has 11 nitrogen and oxygen atoms in total. The van der Waals surface area contributed by atoms with E-state index in [1.807, 2.05) is 6.08 Å². The largest absolute Gasteiger partial charge is 0.466 e. The molecule has 0 aromatic carbocycles. The molecule has 0 radical (unpaired) electrons. The molecule has 1 amide bonds. The van der Waals surface area contributed by atoms with E-state index in [1.165, 1.54) is 64.2 Å². The van der Waals surface area contributed by atoms with E-state index in [0.717, 1.165) is 116 Å². The molecule has 386 valence electrons. The van der Waals surface area contributed by atoms with Gasteiger partial charge in [-0.15, -0.1) is 0 Å². The molecule has 0 aromatic heterocycles. The Hall–Kier alpha value is -2.90. The highest BCUT2D eigenvalue weighted by atomic mass is 16.7. The summed E-state index contributed by atoms with van der Waals surface area (Å²) in [6, 6.07) is -0.845. The Labute approximate surface area is 407 Å². The number of amides is 1. The number of carbonyl (C=O) groups excluding carboxylic acids is 2. The number of carbonyl (C=O) groups is 2. The van der Waals surface area contributed by atoms with Gasteiger partial charge in [0, 0.05) is 12.8 Å². The highest BCUT2D eigenvalue weighted by Gasteiger charge is 2.44. The number of hydrogen-bond donors (Lipinski definition) is 6. The second-order valence-electron chi connectivity index (χ2n) is 18.2.